The highest BCUT2D eigenvalue weighted by atomic mass is 19.1. The Labute approximate surface area is 120 Å². The molecule has 3 nitrogen and oxygen atoms in total. The van der Waals surface area contributed by atoms with Gasteiger partial charge in [0, 0.05) is 17.4 Å². The third-order valence-electron chi connectivity index (χ3n) is 3.40. The topological polar surface area (TPSA) is 50.4 Å². The minimum atomic E-state index is -0.411. The molecule has 0 aliphatic carbocycles. The first-order valence-electron chi connectivity index (χ1n) is 6.65. The van der Waals surface area contributed by atoms with E-state index in [2.05, 4.69) is 0 Å². The zero-order chi connectivity index (χ0) is 15.0. The van der Waals surface area contributed by atoms with Gasteiger partial charge in [-0.1, -0.05) is 6.92 Å². The van der Waals surface area contributed by atoms with Crippen molar-refractivity contribution >= 4 is 16.8 Å². The quantitative estimate of drug-likeness (QED) is 0.737. The summed E-state index contributed by atoms with van der Waals surface area (Å²) in [4.78, 5) is 12.7. The van der Waals surface area contributed by atoms with Gasteiger partial charge < -0.3 is 9.52 Å². The van der Waals surface area contributed by atoms with E-state index in [0.29, 0.717) is 34.3 Å². The van der Waals surface area contributed by atoms with Crippen LogP contribution in [-0.4, -0.2) is 10.9 Å². The van der Waals surface area contributed by atoms with E-state index in [4.69, 9.17) is 4.42 Å². The first kappa shape index (κ1) is 13.4. The normalized spacial score (nSPS) is 11.0. The van der Waals surface area contributed by atoms with Gasteiger partial charge in [-0.15, -0.1) is 0 Å². The van der Waals surface area contributed by atoms with Crippen molar-refractivity contribution in [3.8, 4) is 5.75 Å². The van der Waals surface area contributed by atoms with Crippen molar-refractivity contribution in [2.45, 2.75) is 13.3 Å². The lowest BCUT2D eigenvalue weighted by molar-refractivity contribution is 0.103. The number of phenols is 1. The minimum Gasteiger partial charge on any atom is -0.508 e. The summed E-state index contributed by atoms with van der Waals surface area (Å²) >= 11 is 0. The predicted molar refractivity (Wildman–Crippen MR) is 77.1 cm³/mol. The molecule has 0 saturated heterocycles. The molecule has 0 fully saturated rings. The highest BCUT2D eigenvalue weighted by Gasteiger charge is 2.21. The molecule has 0 unspecified atom stereocenters. The number of ketones is 1. The number of furan rings is 1. The van der Waals surface area contributed by atoms with Gasteiger partial charge in [0.2, 0.25) is 0 Å². The van der Waals surface area contributed by atoms with Gasteiger partial charge in [0.05, 0.1) is 5.56 Å². The fourth-order valence-corrected chi connectivity index (χ4v) is 2.38. The Morgan fingerprint density at radius 2 is 1.90 bits per heavy atom. The molecule has 1 N–H and O–H groups in total. The van der Waals surface area contributed by atoms with Crippen LogP contribution >= 0.6 is 0 Å². The average Bonchev–Trinajstić information content (AvgIpc) is 2.85. The standard InChI is InChI=1S/C17H13FO3/c1-2-14-16(13-9-11(18)5-8-15(13)21-14)17(20)10-3-6-12(19)7-4-10/h3-9,19H,2H2,1H3. The number of carbonyl (C=O) groups is 1. The Kier molecular flexibility index (Phi) is 3.22. The van der Waals surface area contributed by atoms with E-state index in [1.807, 2.05) is 6.92 Å². The molecule has 3 aromatic rings. The summed E-state index contributed by atoms with van der Waals surface area (Å²) in [7, 11) is 0. The lowest BCUT2D eigenvalue weighted by atomic mass is 9.99. The maximum absolute atomic E-state index is 13.5. The number of aromatic hydroxyl groups is 1. The smallest absolute Gasteiger partial charge is 0.197 e. The largest absolute Gasteiger partial charge is 0.508 e. The number of halogens is 1. The molecule has 0 spiro atoms. The molecule has 3 rings (SSSR count). The first-order valence-corrected chi connectivity index (χ1v) is 6.65. The number of hydrogen-bond donors (Lipinski definition) is 1. The number of fused-ring (bicyclic) bond motifs is 1. The summed E-state index contributed by atoms with van der Waals surface area (Å²) < 4.78 is 19.1. The third kappa shape index (κ3) is 2.29. The van der Waals surface area contributed by atoms with Gasteiger partial charge in [0.1, 0.15) is 22.9 Å². The maximum atomic E-state index is 13.5. The fraction of sp³-hybridized carbons (Fsp3) is 0.118. The molecule has 0 aliphatic heterocycles. The van der Waals surface area contributed by atoms with Crippen molar-refractivity contribution in [2.24, 2.45) is 0 Å². The number of carbonyl (C=O) groups excluding carboxylic acids is 1. The van der Waals surface area contributed by atoms with E-state index in [-0.39, 0.29) is 11.5 Å². The number of rotatable bonds is 3. The second-order valence-electron chi connectivity index (χ2n) is 4.77. The fourth-order valence-electron chi connectivity index (χ4n) is 2.38. The summed E-state index contributed by atoms with van der Waals surface area (Å²) in [5, 5.41) is 9.78. The molecule has 1 heterocycles. The number of aryl methyl sites for hydroxylation is 1. The third-order valence-corrected chi connectivity index (χ3v) is 3.40. The summed E-state index contributed by atoms with van der Waals surface area (Å²) in [5.74, 6) is -0.0269. The van der Waals surface area contributed by atoms with Crippen LogP contribution in [0.25, 0.3) is 11.0 Å². The van der Waals surface area contributed by atoms with Crippen LogP contribution in [0.3, 0.4) is 0 Å². The minimum absolute atomic E-state index is 0.0883. The van der Waals surface area contributed by atoms with Gasteiger partial charge in [-0.3, -0.25) is 4.79 Å². The summed E-state index contributed by atoms with van der Waals surface area (Å²) in [6.07, 6.45) is 0.537. The van der Waals surface area contributed by atoms with Crippen LogP contribution in [0.15, 0.2) is 46.9 Å². The lowest BCUT2D eigenvalue weighted by Crippen LogP contribution is -2.03. The Hall–Kier alpha value is -2.62. The molecular formula is C17H13FO3. The molecule has 0 atom stereocenters. The highest BCUT2D eigenvalue weighted by molar-refractivity contribution is 6.16. The van der Waals surface area contributed by atoms with Crippen molar-refractivity contribution in [3.05, 3.63) is 65.2 Å². The van der Waals surface area contributed by atoms with Crippen molar-refractivity contribution in [1.82, 2.24) is 0 Å². The zero-order valence-corrected chi connectivity index (χ0v) is 11.4. The zero-order valence-electron chi connectivity index (χ0n) is 11.4. The van der Waals surface area contributed by atoms with Crippen LogP contribution in [-0.2, 0) is 6.42 Å². The molecule has 0 bridgehead atoms. The van der Waals surface area contributed by atoms with Gasteiger partial charge in [-0.05, 0) is 42.5 Å². The number of phenolic OH excluding ortho intramolecular Hbond substituents is 1. The van der Waals surface area contributed by atoms with Gasteiger partial charge in [-0.2, -0.15) is 0 Å². The Bertz CT molecular complexity index is 816. The predicted octanol–water partition coefficient (Wildman–Crippen LogP) is 4.07. The van der Waals surface area contributed by atoms with Crippen molar-refractivity contribution < 1.29 is 18.7 Å². The molecule has 21 heavy (non-hydrogen) atoms. The van der Waals surface area contributed by atoms with Crippen LogP contribution in [0.1, 0.15) is 28.6 Å². The Morgan fingerprint density at radius 1 is 1.19 bits per heavy atom. The molecule has 1 aromatic heterocycles. The van der Waals surface area contributed by atoms with Gasteiger partial charge in [0.25, 0.3) is 0 Å². The van der Waals surface area contributed by atoms with Crippen LogP contribution < -0.4 is 0 Å². The first-order chi connectivity index (χ1) is 10.1. The van der Waals surface area contributed by atoms with E-state index in [1.54, 1.807) is 0 Å². The molecule has 106 valence electrons. The monoisotopic (exact) mass is 284 g/mol. The maximum Gasteiger partial charge on any atom is 0.197 e. The van der Waals surface area contributed by atoms with Crippen LogP contribution in [0.2, 0.25) is 0 Å². The molecule has 4 heteroatoms. The van der Waals surface area contributed by atoms with E-state index < -0.39 is 5.82 Å². The lowest BCUT2D eigenvalue weighted by Gasteiger charge is -2.02. The van der Waals surface area contributed by atoms with E-state index in [9.17, 15) is 14.3 Å². The van der Waals surface area contributed by atoms with Crippen molar-refractivity contribution in [1.29, 1.82) is 0 Å². The van der Waals surface area contributed by atoms with Crippen molar-refractivity contribution in [2.75, 3.05) is 0 Å². The average molecular weight is 284 g/mol. The van der Waals surface area contributed by atoms with Crippen LogP contribution in [0.5, 0.6) is 5.75 Å². The summed E-state index contributed by atoms with van der Waals surface area (Å²) in [6.45, 7) is 1.88. The summed E-state index contributed by atoms with van der Waals surface area (Å²) in [5.41, 5.74) is 1.31. The molecule has 0 radical (unpaired) electrons. The van der Waals surface area contributed by atoms with Gasteiger partial charge >= 0.3 is 0 Å². The van der Waals surface area contributed by atoms with Crippen LogP contribution in [0.4, 0.5) is 4.39 Å². The molecular weight excluding hydrogens is 271 g/mol. The van der Waals surface area contributed by atoms with Crippen molar-refractivity contribution in [3.63, 3.8) is 0 Å². The molecule has 0 amide bonds. The summed E-state index contributed by atoms with van der Waals surface area (Å²) in [6, 6.07) is 10.1. The van der Waals surface area contributed by atoms with Gasteiger partial charge in [-0.25, -0.2) is 4.39 Å². The van der Waals surface area contributed by atoms with Crippen LogP contribution in [0, 0.1) is 5.82 Å². The number of hydrogen-bond acceptors (Lipinski definition) is 3. The Morgan fingerprint density at radius 3 is 2.57 bits per heavy atom. The SMILES string of the molecule is CCc1oc2ccc(F)cc2c1C(=O)c1ccc(O)cc1. The molecule has 0 aliphatic rings. The molecule has 0 saturated carbocycles. The van der Waals surface area contributed by atoms with E-state index in [1.165, 1.54) is 42.5 Å². The van der Waals surface area contributed by atoms with E-state index in [0.717, 1.165) is 0 Å². The molecule has 2 aromatic carbocycles. The second-order valence-corrected chi connectivity index (χ2v) is 4.77. The number of benzene rings is 2. The Balaban J connectivity index is 2.20. The highest BCUT2D eigenvalue weighted by Crippen LogP contribution is 2.29. The van der Waals surface area contributed by atoms with Gasteiger partial charge in [0.15, 0.2) is 5.78 Å². The second kappa shape index (κ2) is 5.05. The van der Waals surface area contributed by atoms with E-state index >= 15 is 0 Å².